The lowest BCUT2D eigenvalue weighted by Crippen LogP contribution is -2.15. The molecule has 0 fully saturated rings. The number of ether oxygens (including phenoxy) is 4. The minimum Gasteiger partial charge on any atom is -0.490 e. The summed E-state index contributed by atoms with van der Waals surface area (Å²) in [7, 11) is 0. The Bertz CT molecular complexity index is 1110. The van der Waals surface area contributed by atoms with E-state index in [9.17, 15) is 0 Å². The quantitative estimate of drug-likeness (QED) is 0.224. The van der Waals surface area contributed by atoms with E-state index >= 15 is 0 Å². The normalized spacial score (nSPS) is 10.5. The molecular weight excluding hydrogens is 454 g/mol. The van der Waals surface area contributed by atoms with Crippen LogP contribution in [0.2, 0.25) is 0 Å². The number of benzene rings is 3. The fourth-order valence-corrected chi connectivity index (χ4v) is 3.38. The van der Waals surface area contributed by atoms with Crippen molar-refractivity contribution in [3.05, 3.63) is 91.0 Å². The fraction of sp³-hybridized carbons (Fsp3) is 0.241. The van der Waals surface area contributed by atoms with Gasteiger partial charge in [-0.15, -0.1) is 0 Å². The van der Waals surface area contributed by atoms with Crippen molar-refractivity contribution in [2.24, 2.45) is 0 Å². The number of nitrogens with one attached hydrogen (secondary N) is 1. The second kappa shape index (κ2) is 13.6. The monoisotopic (exact) mass is 485 g/mol. The number of anilines is 1. The molecule has 4 aromatic rings. The van der Waals surface area contributed by atoms with Crippen LogP contribution in [0.3, 0.4) is 0 Å². The Labute approximate surface area is 212 Å². The number of rotatable bonds is 14. The topological polar surface area (TPSA) is 74.7 Å². The molecule has 4 rings (SSSR count). The molecule has 3 aromatic carbocycles. The maximum atomic E-state index is 6.08. The van der Waals surface area contributed by atoms with Gasteiger partial charge in [0.1, 0.15) is 37.9 Å². The van der Waals surface area contributed by atoms with E-state index in [4.69, 9.17) is 28.9 Å². The van der Waals surface area contributed by atoms with Crippen LogP contribution < -0.4 is 24.3 Å². The lowest BCUT2D eigenvalue weighted by atomic mass is 10.2. The van der Waals surface area contributed by atoms with Gasteiger partial charge >= 0.3 is 0 Å². The van der Waals surface area contributed by atoms with Gasteiger partial charge in [0, 0.05) is 12.1 Å². The molecule has 0 bridgehead atoms. The molecule has 0 spiro atoms. The summed E-state index contributed by atoms with van der Waals surface area (Å²) in [5, 5.41) is 3.37. The van der Waals surface area contributed by atoms with Crippen molar-refractivity contribution in [2.45, 2.75) is 13.3 Å². The Balaban J connectivity index is 1.51. The van der Waals surface area contributed by atoms with Crippen LogP contribution in [0.25, 0.3) is 11.4 Å². The van der Waals surface area contributed by atoms with Crippen LogP contribution in [0.15, 0.2) is 91.0 Å². The number of hydrogen-bond acceptors (Lipinski definition) is 7. The summed E-state index contributed by atoms with van der Waals surface area (Å²) >= 11 is 0. The molecule has 0 saturated heterocycles. The van der Waals surface area contributed by atoms with Gasteiger partial charge in [0.05, 0.1) is 0 Å². The summed E-state index contributed by atoms with van der Waals surface area (Å²) in [6, 6.07) is 29.1. The van der Waals surface area contributed by atoms with Crippen molar-refractivity contribution < 1.29 is 18.9 Å². The molecule has 36 heavy (non-hydrogen) atoms. The zero-order chi connectivity index (χ0) is 24.8. The zero-order valence-electron chi connectivity index (χ0n) is 20.4. The van der Waals surface area contributed by atoms with E-state index in [-0.39, 0.29) is 0 Å². The molecule has 0 aliphatic heterocycles. The highest BCUT2D eigenvalue weighted by atomic mass is 16.5. The van der Waals surface area contributed by atoms with Gasteiger partial charge in [0.15, 0.2) is 11.5 Å². The molecule has 0 radical (unpaired) electrons. The van der Waals surface area contributed by atoms with Crippen LogP contribution in [-0.2, 0) is 0 Å². The third kappa shape index (κ3) is 7.37. The Morgan fingerprint density at radius 3 is 1.50 bits per heavy atom. The first-order valence-electron chi connectivity index (χ1n) is 12.2. The van der Waals surface area contributed by atoms with Crippen LogP contribution in [0.5, 0.6) is 23.3 Å². The largest absolute Gasteiger partial charge is 0.490 e. The van der Waals surface area contributed by atoms with Crippen molar-refractivity contribution in [1.29, 1.82) is 0 Å². The molecule has 186 valence electrons. The van der Waals surface area contributed by atoms with E-state index in [1.165, 1.54) is 0 Å². The molecule has 0 aliphatic carbocycles. The summed E-state index contributed by atoms with van der Waals surface area (Å²) in [6.45, 7) is 4.21. The highest BCUT2D eigenvalue weighted by Crippen LogP contribution is 2.34. The SMILES string of the molecule is CCCNc1c(OCCOc2ccccc2)nc(-c2ccccc2)nc1OCCOc1ccccc1. The summed E-state index contributed by atoms with van der Waals surface area (Å²) < 4.78 is 23.7. The molecular formula is C29H31N3O4. The van der Waals surface area contributed by atoms with E-state index in [2.05, 4.69) is 12.2 Å². The highest BCUT2D eigenvalue weighted by molar-refractivity contribution is 5.66. The molecule has 0 unspecified atom stereocenters. The van der Waals surface area contributed by atoms with E-state index in [0.717, 1.165) is 30.0 Å². The predicted octanol–water partition coefficient (Wildman–Crippen LogP) is 5.88. The van der Waals surface area contributed by atoms with Gasteiger partial charge in [-0.25, -0.2) is 0 Å². The highest BCUT2D eigenvalue weighted by Gasteiger charge is 2.18. The van der Waals surface area contributed by atoms with Gasteiger partial charge in [-0.3, -0.25) is 0 Å². The Kier molecular flexibility index (Phi) is 9.38. The third-order valence-electron chi connectivity index (χ3n) is 5.09. The number of hydrogen-bond donors (Lipinski definition) is 1. The number of nitrogens with zero attached hydrogens (tertiary/aromatic N) is 2. The first-order valence-corrected chi connectivity index (χ1v) is 12.2. The maximum Gasteiger partial charge on any atom is 0.245 e. The Morgan fingerprint density at radius 2 is 1.03 bits per heavy atom. The van der Waals surface area contributed by atoms with Crippen molar-refractivity contribution in [3.8, 4) is 34.6 Å². The minimum atomic E-state index is 0.317. The molecule has 0 aliphatic rings. The number of aromatic nitrogens is 2. The first-order chi connectivity index (χ1) is 17.8. The summed E-state index contributed by atoms with van der Waals surface area (Å²) in [5.74, 6) is 2.96. The van der Waals surface area contributed by atoms with Gasteiger partial charge in [-0.2, -0.15) is 9.97 Å². The summed E-state index contributed by atoms with van der Waals surface area (Å²) in [5.41, 5.74) is 1.49. The van der Waals surface area contributed by atoms with Gasteiger partial charge in [0.2, 0.25) is 11.8 Å². The van der Waals surface area contributed by atoms with Crippen LogP contribution in [0.1, 0.15) is 13.3 Å². The second-order valence-electron chi connectivity index (χ2n) is 7.85. The predicted molar refractivity (Wildman–Crippen MR) is 141 cm³/mol. The van der Waals surface area contributed by atoms with Gasteiger partial charge < -0.3 is 24.3 Å². The molecule has 0 amide bonds. The van der Waals surface area contributed by atoms with E-state index in [0.29, 0.717) is 49.7 Å². The number of para-hydroxylation sites is 2. The van der Waals surface area contributed by atoms with Gasteiger partial charge in [0.25, 0.3) is 0 Å². The molecule has 1 N–H and O–H groups in total. The second-order valence-corrected chi connectivity index (χ2v) is 7.85. The zero-order valence-corrected chi connectivity index (χ0v) is 20.4. The minimum absolute atomic E-state index is 0.317. The smallest absolute Gasteiger partial charge is 0.245 e. The molecule has 0 saturated carbocycles. The van der Waals surface area contributed by atoms with E-state index in [1.54, 1.807) is 0 Å². The van der Waals surface area contributed by atoms with Crippen LogP contribution >= 0.6 is 0 Å². The Hall–Kier alpha value is -4.26. The van der Waals surface area contributed by atoms with Crippen molar-refractivity contribution in [2.75, 3.05) is 38.3 Å². The standard InChI is InChI=1S/C29H31N3O4/c1-2-18-30-26-28(35-21-19-33-24-14-8-4-9-15-24)31-27(23-12-6-3-7-13-23)32-29(26)36-22-20-34-25-16-10-5-11-17-25/h3-17,30H,2,18-22H2,1H3. The third-order valence-corrected chi connectivity index (χ3v) is 5.09. The van der Waals surface area contributed by atoms with Gasteiger partial charge in [-0.05, 0) is 30.7 Å². The van der Waals surface area contributed by atoms with Crippen molar-refractivity contribution >= 4 is 5.69 Å². The van der Waals surface area contributed by atoms with Crippen LogP contribution in [0.4, 0.5) is 5.69 Å². The molecule has 1 aromatic heterocycles. The van der Waals surface area contributed by atoms with Crippen molar-refractivity contribution in [1.82, 2.24) is 9.97 Å². The Morgan fingerprint density at radius 1 is 0.583 bits per heavy atom. The van der Waals surface area contributed by atoms with Gasteiger partial charge in [-0.1, -0.05) is 73.7 Å². The summed E-state index contributed by atoms with van der Waals surface area (Å²) in [4.78, 5) is 9.43. The van der Waals surface area contributed by atoms with Crippen LogP contribution in [0, 0.1) is 0 Å². The van der Waals surface area contributed by atoms with Crippen LogP contribution in [-0.4, -0.2) is 42.9 Å². The van der Waals surface area contributed by atoms with E-state index < -0.39 is 0 Å². The average Bonchev–Trinajstić information content (AvgIpc) is 2.94. The lowest BCUT2D eigenvalue weighted by molar-refractivity contribution is 0.204. The molecule has 7 nitrogen and oxygen atoms in total. The van der Waals surface area contributed by atoms with E-state index in [1.807, 2.05) is 91.0 Å². The summed E-state index contributed by atoms with van der Waals surface area (Å²) in [6.07, 6.45) is 0.924. The van der Waals surface area contributed by atoms with Crippen molar-refractivity contribution in [3.63, 3.8) is 0 Å². The lowest BCUT2D eigenvalue weighted by Gasteiger charge is -2.17. The average molecular weight is 486 g/mol. The first kappa shape index (κ1) is 24.9. The molecule has 0 atom stereocenters. The molecule has 7 heteroatoms. The maximum absolute atomic E-state index is 6.08. The fourth-order valence-electron chi connectivity index (χ4n) is 3.38. The molecule has 1 heterocycles.